The van der Waals surface area contributed by atoms with E-state index < -0.39 is 0 Å². The maximum atomic E-state index is 5.89. The van der Waals surface area contributed by atoms with Crippen molar-refractivity contribution in [3.8, 4) is 0 Å². The van der Waals surface area contributed by atoms with E-state index in [1.807, 2.05) is 6.07 Å². The van der Waals surface area contributed by atoms with Gasteiger partial charge in [0.05, 0.1) is 0 Å². The Morgan fingerprint density at radius 3 is 2.71 bits per heavy atom. The number of pyridine rings is 1. The highest BCUT2D eigenvalue weighted by molar-refractivity contribution is 5.93. The smallest absolute Gasteiger partial charge is 0.133 e. The minimum absolute atomic E-state index is 0.480. The van der Waals surface area contributed by atoms with Crippen molar-refractivity contribution >= 4 is 22.4 Å². The van der Waals surface area contributed by atoms with Crippen molar-refractivity contribution < 1.29 is 0 Å². The van der Waals surface area contributed by atoms with E-state index in [9.17, 15) is 0 Å². The molecule has 1 aromatic carbocycles. The van der Waals surface area contributed by atoms with Crippen molar-refractivity contribution in [1.82, 2.24) is 4.98 Å². The fourth-order valence-corrected chi connectivity index (χ4v) is 2.08. The van der Waals surface area contributed by atoms with Gasteiger partial charge in [0.2, 0.25) is 0 Å². The zero-order valence-electron chi connectivity index (χ0n) is 10.2. The highest BCUT2D eigenvalue weighted by Gasteiger charge is 2.03. The Morgan fingerprint density at radius 2 is 1.94 bits per heavy atom. The monoisotopic (exact) mass is 229 g/mol. The number of benzene rings is 1. The molecule has 0 fully saturated rings. The molecular weight excluding hydrogens is 210 g/mol. The molecule has 90 valence electrons. The molecule has 1 aromatic heterocycles. The maximum Gasteiger partial charge on any atom is 0.133 e. The molecule has 2 rings (SSSR count). The number of hydrogen-bond donors (Lipinski definition) is 2. The Morgan fingerprint density at radius 1 is 1.12 bits per heavy atom. The lowest BCUT2D eigenvalue weighted by Gasteiger charge is -2.06. The number of rotatable bonds is 4. The van der Waals surface area contributed by atoms with Gasteiger partial charge < -0.3 is 11.5 Å². The molecule has 3 heteroatoms. The molecule has 1 heterocycles. The van der Waals surface area contributed by atoms with Crippen LogP contribution in [0.15, 0.2) is 24.3 Å². The molecule has 3 nitrogen and oxygen atoms in total. The lowest BCUT2D eigenvalue weighted by molar-refractivity contribution is 0.718. The van der Waals surface area contributed by atoms with Crippen LogP contribution < -0.4 is 11.5 Å². The molecular formula is C14H19N3. The van der Waals surface area contributed by atoms with E-state index in [1.165, 1.54) is 24.8 Å². The number of nitrogens with zero attached hydrogens (tertiary/aromatic N) is 1. The van der Waals surface area contributed by atoms with E-state index in [2.05, 4.69) is 30.1 Å². The van der Waals surface area contributed by atoms with Crippen molar-refractivity contribution in [2.45, 2.75) is 32.6 Å². The molecule has 0 amide bonds. The highest BCUT2D eigenvalue weighted by Crippen LogP contribution is 2.23. The molecule has 0 bridgehead atoms. The van der Waals surface area contributed by atoms with Gasteiger partial charge in [0, 0.05) is 5.39 Å². The van der Waals surface area contributed by atoms with Gasteiger partial charge in [-0.3, -0.25) is 0 Å². The summed E-state index contributed by atoms with van der Waals surface area (Å²) in [6.45, 7) is 2.21. The number of unbranched alkanes of at least 4 members (excludes halogenated alkanes) is 2. The van der Waals surface area contributed by atoms with Crippen molar-refractivity contribution in [1.29, 1.82) is 0 Å². The summed E-state index contributed by atoms with van der Waals surface area (Å²) in [4.78, 5) is 4.09. The summed E-state index contributed by atoms with van der Waals surface area (Å²) in [6.07, 6.45) is 4.85. The Labute approximate surface area is 102 Å². The van der Waals surface area contributed by atoms with Crippen LogP contribution in [0.25, 0.3) is 10.8 Å². The first-order valence-electron chi connectivity index (χ1n) is 6.15. The zero-order chi connectivity index (χ0) is 12.3. The maximum absolute atomic E-state index is 5.89. The largest absolute Gasteiger partial charge is 0.384 e. The molecule has 0 saturated carbocycles. The summed E-state index contributed by atoms with van der Waals surface area (Å²) in [6, 6.07) is 8.22. The predicted molar refractivity (Wildman–Crippen MR) is 73.8 cm³/mol. The SMILES string of the molecule is CCCCCc1ccc2cc(N)nc(N)c2c1. The first kappa shape index (κ1) is 11.7. The zero-order valence-corrected chi connectivity index (χ0v) is 10.2. The Kier molecular flexibility index (Phi) is 3.47. The van der Waals surface area contributed by atoms with E-state index in [1.54, 1.807) is 0 Å². The fourth-order valence-electron chi connectivity index (χ4n) is 2.08. The summed E-state index contributed by atoms with van der Waals surface area (Å²) in [7, 11) is 0. The van der Waals surface area contributed by atoms with Crippen molar-refractivity contribution in [2.75, 3.05) is 11.5 Å². The van der Waals surface area contributed by atoms with Gasteiger partial charge in [0.15, 0.2) is 0 Å². The molecule has 0 atom stereocenters. The van der Waals surface area contributed by atoms with Crippen LogP contribution in [0.3, 0.4) is 0 Å². The number of nitrogens with two attached hydrogens (primary N) is 2. The molecule has 0 radical (unpaired) electrons. The van der Waals surface area contributed by atoms with Crippen LogP contribution in [0.4, 0.5) is 11.6 Å². The third kappa shape index (κ3) is 2.67. The van der Waals surface area contributed by atoms with Crippen LogP contribution in [0.1, 0.15) is 31.7 Å². The Hall–Kier alpha value is -1.77. The van der Waals surface area contributed by atoms with Crippen LogP contribution in [0.5, 0.6) is 0 Å². The number of aryl methyl sites for hydroxylation is 1. The van der Waals surface area contributed by atoms with Crippen LogP contribution in [-0.4, -0.2) is 4.98 Å². The third-order valence-corrected chi connectivity index (χ3v) is 3.02. The topological polar surface area (TPSA) is 64.9 Å². The molecule has 2 aromatic rings. The first-order valence-corrected chi connectivity index (χ1v) is 6.15. The summed E-state index contributed by atoms with van der Waals surface area (Å²) >= 11 is 0. The van der Waals surface area contributed by atoms with Crippen molar-refractivity contribution in [3.63, 3.8) is 0 Å². The molecule has 0 aliphatic carbocycles. The van der Waals surface area contributed by atoms with Crippen molar-refractivity contribution in [2.24, 2.45) is 0 Å². The van der Waals surface area contributed by atoms with Crippen LogP contribution in [-0.2, 0) is 6.42 Å². The standard InChI is InChI=1S/C14H19N3/c1-2-3-4-5-10-6-7-11-9-13(15)17-14(16)12(11)8-10/h6-9H,2-5H2,1H3,(H4,15,16,17). The van der Waals surface area contributed by atoms with E-state index in [0.29, 0.717) is 11.6 Å². The molecule has 0 unspecified atom stereocenters. The van der Waals surface area contributed by atoms with Crippen LogP contribution in [0.2, 0.25) is 0 Å². The van der Waals surface area contributed by atoms with Crippen LogP contribution >= 0.6 is 0 Å². The third-order valence-electron chi connectivity index (χ3n) is 3.02. The predicted octanol–water partition coefficient (Wildman–Crippen LogP) is 3.13. The minimum Gasteiger partial charge on any atom is -0.384 e. The van der Waals surface area contributed by atoms with E-state index in [4.69, 9.17) is 11.5 Å². The first-order chi connectivity index (χ1) is 8.20. The lowest BCUT2D eigenvalue weighted by Crippen LogP contribution is -1.97. The molecule has 17 heavy (non-hydrogen) atoms. The van der Waals surface area contributed by atoms with Gasteiger partial charge in [-0.05, 0) is 35.9 Å². The fraction of sp³-hybridized carbons (Fsp3) is 0.357. The van der Waals surface area contributed by atoms with Crippen molar-refractivity contribution in [3.05, 3.63) is 29.8 Å². The summed E-state index contributed by atoms with van der Waals surface area (Å²) in [5.74, 6) is 1.01. The average molecular weight is 229 g/mol. The molecule has 0 aliphatic heterocycles. The minimum atomic E-state index is 0.480. The Bertz CT molecular complexity index is 520. The summed E-state index contributed by atoms with van der Waals surface area (Å²) in [5, 5.41) is 2.07. The second-order valence-corrected chi connectivity index (χ2v) is 4.44. The number of anilines is 2. The lowest BCUT2D eigenvalue weighted by atomic mass is 10.0. The van der Waals surface area contributed by atoms with Gasteiger partial charge in [-0.25, -0.2) is 4.98 Å². The van der Waals surface area contributed by atoms with Crippen LogP contribution in [0, 0.1) is 0 Å². The van der Waals surface area contributed by atoms with Gasteiger partial charge in [0.25, 0.3) is 0 Å². The number of hydrogen-bond acceptors (Lipinski definition) is 3. The average Bonchev–Trinajstić information content (AvgIpc) is 2.30. The molecule has 0 aliphatic rings. The van der Waals surface area contributed by atoms with Gasteiger partial charge >= 0.3 is 0 Å². The quantitative estimate of drug-likeness (QED) is 0.791. The molecule has 4 N–H and O–H groups in total. The number of fused-ring (bicyclic) bond motifs is 1. The van der Waals surface area contributed by atoms with E-state index in [0.717, 1.165) is 17.2 Å². The normalized spacial score (nSPS) is 10.9. The van der Waals surface area contributed by atoms with Gasteiger partial charge in [-0.1, -0.05) is 31.9 Å². The molecule has 0 saturated heterocycles. The Balaban J connectivity index is 2.30. The summed E-state index contributed by atoms with van der Waals surface area (Å²) in [5.41, 5.74) is 12.9. The number of nitrogen functional groups attached to an aromatic ring is 2. The second-order valence-electron chi connectivity index (χ2n) is 4.44. The van der Waals surface area contributed by atoms with Gasteiger partial charge in [-0.15, -0.1) is 0 Å². The van der Waals surface area contributed by atoms with Gasteiger partial charge in [0.1, 0.15) is 11.6 Å². The van der Waals surface area contributed by atoms with Gasteiger partial charge in [-0.2, -0.15) is 0 Å². The van der Waals surface area contributed by atoms with E-state index in [-0.39, 0.29) is 0 Å². The highest BCUT2D eigenvalue weighted by atomic mass is 14.9. The molecule has 0 spiro atoms. The summed E-state index contributed by atoms with van der Waals surface area (Å²) < 4.78 is 0. The van der Waals surface area contributed by atoms with E-state index >= 15 is 0 Å². The number of aromatic nitrogens is 1. The second kappa shape index (κ2) is 5.04.